The van der Waals surface area contributed by atoms with Crippen LogP contribution in [0.3, 0.4) is 0 Å². The normalized spacial score (nSPS) is 33.3. The Hall–Kier alpha value is -1.10. The van der Waals surface area contributed by atoms with Gasteiger partial charge in [0.25, 0.3) is 0 Å². The molecule has 3 N–H and O–H groups in total. The first-order valence-corrected chi connectivity index (χ1v) is 5.35. The summed E-state index contributed by atoms with van der Waals surface area (Å²) in [6.45, 7) is 6.99. The Bertz CT molecular complexity index is 333. The van der Waals surface area contributed by atoms with Crippen LogP contribution in [-0.2, 0) is 14.3 Å². The summed E-state index contributed by atoms with van der Waals surface area (Å²) in [5.74, 6) is -1.65. The van der Waals surface area contributed by atoms with Crippen LogP contribution in [0, 0.1) is 5.41 Å². The molecule has 5 nitrogen and oxygen atoms in total. The smallest absolute Gasteiger partial charge is 0.324 e. The minimum atomic E-state index is -1.45. The molecule has 1 saturated carbocycles. The first-order valence-electron chi connectivity index (χ1n) is 5.35. The summed E-state index contributed by atoms with van der Waals surface area (Å²) >= 11 is 0. The van der Waals surface area contributed by atoms with Crippen LogP contribution in [0.5, 0.6) is 0 Å². The third-order valence-electron chi connectivity index (χ3n) is 3.08. The number of carbonyl (C=O) groups excluding carboxylic acids is 1. The minimum absolute atomic E-state index is 0.154. The second-order valence-electron chi connectivity index (χ2n) is 5.39. The fourth-order valence-electron chi connectivity index (χ4n) is 1.93. The van der Waals surface area contributed by atoms with E-state index < -0.39 is 28.5 Å². The molecule has 0 aromatic carbocycles. The summed E-state index contributed by atoms with van der Waals surface area (Å²) in [4.78, 5) is 22.9. The summed E-state index contributed by atoms with van der Waals surface area (Å²) in [7, 11) is 0. The Kier molecular flexibility index (Phi) is 2.79. The molecule has 0 amide bonds. The Morgan fingerprint density at radius 1 is 1.44 bits per heavy atom. The second-order valence-corrected chi connectivity index (χ2v) is 5.39. The maximum atomic E-state index is 11.9. The number of carbonyl (C=O) groups is 2. The molecule has 0 spiro atoms. The lowest BCUT2D eigenvalue weighted by atomic mass is 9.96. The van der Waals surface area contributed by atoms with Crippen molar-refractivity contribution >= 4 is 11.9 Å². The molecule has 0 aromatic heterocycles. The van der Waals surface area contributed by atoms with Crippen molar-refractivity contribution in [3.63, 3.8) is 0 Å². The SMILES string of the molecule is CCC1(C(=O)OC(C)(C)C)CC1(N)C(=O)O. The van der Waals surface area contributed by atoms with Gasteiger partial charge in [-0.15, -0.1) is 0 Å². The molecule has 92 valence electrons. The van der Waals surface area contributed by atoms with Gasteiger partial charge in [0.1, 0.15) is 11.1 Å². The molecule has 1 aliphatic carbocycles. The van der Waals surface area contributed by atoms with Crippen molar-refractivity contribution in [2.45, 2.75) is 51.7 Å². The van der Waals surface area contributed by atoms with Crippen LogP contribution >= 0.6 is 0 Å². The van der Waals surface area contributed by atoms with Crippen molar-refractivity contribution in [3.8, 4) is 0 Å². The van der Waals surface area contributed by atoms with Crippen LogP contribution < -0.4 is 5.73 Å². The van der Waals surface area contributed by atoms with E-state index in [1.54, 1.807) is 27.7 Å². The summed E-state index contributed by atoms with van der Waals surface area (Å²) < 4.78 is 5.22. The van der Waals surface area contributed by atoms with Crippen LogP contribution in [0.2, 0.25) is 0 Å². The maximum Gasteiger partial charge on any atom is 0.324 e. The van der Waals surface area contributed by atoms with Gasteiger partial charge in [-0.05, 0) is 33.6 Å². The van der Waals surface area contributed by atoms with E-state index in [2.05, 4.69) is 0 Å². The van der Waals surface area contributed by atoms with Gasteiger partial charge in [-0.3, -0.25) is 9.59 Å². The van der Waals surface area contributed by atoms with Gasteiger partial charge in [-0.1, -0.05) is 6.92 Å². The van der Waals surface area contributed by atoms with Crippen LogP contribution in [-0.4, -0.2) is 28.2 Å². The molecule has 1 fully saturated rings. The van der Waals surface area contributed by atoms with Crippen molar-refractivity contribution in [2.24, 2.45) is 11.1 Å². The highest BCUT2D eigenvalue weighted by molar-refractivity contribution is 5.97. The summed E-state index contributed by atoms with van der Waals surface area (Å²) in [6.07, 6.45) is 0.533. The van der Waals surface area contributed by atoms with Crippen LogP contribution in [0.1, 0.15) is 40.5 Å². The fraction of sp³-hybridized carbons (Fsp3) is 0.818. The molecule has 2 unspecified atom stereocenters. The molecule has 0 bridgehead atoms. The van der Waals surface area contributed by atoms with Crippen molar-refractivity contribution in [2.75, 3.05) is 0 Å². The van der Waals surface area contributed by atoms with Gasteiger partial charge in [-0.25, -0.2) is 0 Å². The molecule has 0 aromatic rings. The average Bonchev–Trinajstić information content (AvgIpc) is 2.72. The standard InChI is InChI=1S/C11H19NO4/c1-5-10(6-11(10,12)7(13)14)8(15)16-9(2,3)4/h5-6,12H2,1-4H3,(H,13,14). The third-order valence-corrected chi connectivity index (χ3v) is 3.08. The summed E-state index contributed by atoms with van der Waals surface area (Å²) in [5, 5.41) is 8.99. The molecule has 0 heterocycles. The lowest BCUT2D eigenvalue weighted by Crippen LogP contribution is -2.44. The van der Waals surface area contributed by atoms with E-state index in [1.165, 1.54) is 0 Å². The van der Waals surface area contributed by atoms with Gasteiger partial charge in [0, 0.05) is 0 Å². The van der Waals surface area contributed by atoms with Gasteiger partial charge < -0.3 is 15.6 Å². The van der Waals surface area contributed by atoms with Gasteiger partial charge in [0.15, 0.2) is 0 Å². The summed E-state index contributed by atoms with van der Waals surface area (Å²) in [5.41, 5.74) is 2.57. The number of rotatable bonds is 3. The van der Waals surface area contributed by atoms with Crippen LogP contribution in [0.15, 0.2) is 0 Å². The number of aliphatic carboxylic acids is 1. The van der Waals surface area contributed by atoms with E-state index in [9.17, 15) is 9.59 Å². The lowest BCUT2D eigenvalue weighted by molar-refractivity contribution is -0.165. The van der Waals surface area contributed by atoms with Gasteiger partial charge >= 0.3 is 11.9 Å². The Labute approximate surface area is 95.0 Å². The number of hydrogen-bond acceptors (Lipinski definition) is 4. The van der Waals surface area contributed by atoms with Crippen LogP contribution in [0.4, 0.5) is 0 Å². The number of hydrogen-bond donors (Lipinski definition) is 2. The van der Waals surface area contributed by atoms with Gasteiger partial charge in [0.2, 0.25) is 0 Å². The minimum Gasteiger partial charge on any atom is -0.480 e. The van der Waals surface area contributed by atoms with E-state index >= 15 is 0 Å². The van der Waals surface area contributed by atoms with Gasteiger partial charge in [-0.2, -0.15) is 0 Å². The molecule has 5 heteroatoms. The number of carboxylic acids is 1. The Balaban J connectivity index is 2.87. The highest BCUT2D eigenvalue weighted by atomic mass is 16.6. The monoisotopic (exact) mass is 229 g/mol. The molecule has 0 saturated heterocycles. The highest BCUT2D eigenvalue weighted by Gasteiger charge is 2.75. The Morgan fingerprint density at radius 2 is 1.94 bits per heavy atom. The van der Waals surface area contributed by atoms with E-state index in [0.717, 1.165) is 0 Å². The first kappa shape index (κ1) is 13.0. The zero-order chi connectivity index (χ0) is 12.8. The maximum absolute atomic E-state index is 11.9. The molecule has 0 radical (unpaired) electrons. The predicted molar refractivity (Wildman–Crippen MR) is 57.7 cm³/mol. The zero-order valence-corrected chi connectivity index (χ0v) is 10.2. The van der Waals surface area contributed by atoms with Crippen molar-refractivity contribution in [1.29, 1.82) is 0 Å². The second kappa shape index (κ2) is 3.45. The molecule has 2 atom stereocenters. The van der Waals surface area contributed by atoms with E-state index in [-0.39, 0.29) is 6.42 Å². The molecular formula is C11H19NO4. The van der Waals surface area contributed by atoms with Crippen LogP contribution in [0.25, 0.3) is 0 Å². The average molecular weight is 229 g/mol. The van der Waals surface area contributed by atoms with E-state index in [4.69, 9.17) is 15.6 Å². The largest absolute Gasteiger partial charge is 0.480 e. The number of ether oxygens (including phenoxy) is 1. The lowest BCUT2D eigenvalue weighted by Gasteiger charge is -2.24. The topological polar surface area (TPSA) is 89.6 Å². The number of esters is 1. The number of nitrogens with two attached hydrogens (primary N) is 1. The van der Waals surface area contributed by atoms with Gasteiger partial charge in [0.05, 0.1) is 5.41 Å². The highest BCUT2D eigenvalue weighted by Crippen LogP contribution is 2.58. The fourth-order valence-corrected chi connectivity index (χ4v) is 1.93. The number of carboxylic acid groups (broad SMARTS) is 1. The molecule has 0 aliphatic heterocycles. The molecular weight excluding hydrogens is 210 g/mol. The van der Waals surface area contributed by atoms with Crippen molar-refractivity contribution in [1.82, 2.24) is 0 Å². The molecule has 1 rings (SSSR count). The molecule has 1 aliphatic rings. The predicted octanol–water partition coefficient (Wildman–Crippen LogP) is 0.910. The van der Waals surface area contributed by atoms with E-state index in [1.807, 2.05) is 0 Å². The zero-order valence-electron chi connectivity index (χ0n) is 10.2. The van der Waals surface area contributed by atoms with Crippen molar-refractivity contribution < 1.29 is 19.4 Å². The Morgan fingerprint density at radius 3 is 2.19 bits per heavy atom. The van der Waals surface area contributed by atoms with Crippen molar-refractivity contribution in [3.05, 3.63) is 0 Å². The first-order chi connectivity index (χ1) is 7.09. The van der Waals surface area contributed by atoms with E-state index in [0.29, 0.717) is 6.42 Å². The summed E-state index contributed by atoms with van der Waals surface area (Å²) in [6, 6.07) is 0. The molecule has 16 heavy (non-hydrogen) atoms. The third kappa shape index (κ3) is 1.80. The quantitative estimate of drug-likeness (QED) is 0.702.